The summed E-state index contributed by atoms with van der Waals surface area (Å²) in [4.78, 5) is 10.2. The third-order valence-electron chi connectivity index (χ3n) is 2.24. The van der Waals surface area contributed by atoms with E-state index in [-0.39, 0.29) is 51.7 Å². The molecule has 0 aliphatic heterocycles. The molecule has 0 saturated heterocycles. The van der Waals surface area contributed by atoms with E-state index in [0.29, 0.717) is 6.42 Å². The molecule has 0 aromatic carbocycles. The van der Waals surface area contributed by atoms with Gasteiger partial charge in [0.05, 0.1) is 0 Å². The van der Waals surface area contributed by atoms with Crippen LogP contribution in [-0.2, 0) is 4.79 Å². The van der Waals surface area contributed by atoms with E-state index < -0.39 is 5.97 Å². The van der Waals surface area contributed by atoms with Crippen LogP contribution in [0.5, 0.6) is 0 Å². The molecule has 0 saturated carbocycles. The van der Waals surface area contributed by atoms with Gasteiger partial charge < -0.3 is 7.96 Å². The predicted molar refractivity (Wildman–Crippen MR) is 62.8 cm³/mol. The number of unbranched alkanes of at least 4 members (excludes halogenated alkanes) is 7. The Labute approximate surface area is 131 Å². The zero-order valence-electron chi connectivity index (χ0n) is 11.4. The molecule has 0 bridgehead atoms. The van der Waals surface area contributed by atoms with Gasteiger partial charge in [0.15, 0.2) is 0 Å². The maximum absolute atomic E-state index is 10.2. The van der Waals surface area contributed by atoms with E-state index in [4.69, 9.17) is 5.11 Å². The largest absolute Gasteiger partial charge is 2.00 e. The molecule has 2 nitrogen and oxygen atoms in total. The van der Waals surface area contributed by atoms with Crippen molar-refractivity contribution in [2.75, 3.05) is 0 Å². The van der Waals surface area contributed by atoms with Crippen LogP contribution >= 0.6 is 0 Å². The Hall–Kier alpha value is 1.04. The van der Waals surface area contributed by atoms with Crippen molar-refractivity contribution in [2.45, 2.75) is 64.7 Å². The van der Waals surface area contributed by atoms with Crippen LogP contribution in [0.25, 0.3) is 0 Å². The Balaban J connectivity index is -0.000000240. The van der Waals surface area contributed by atoms with Gasteiger partial charge in [-0.15, -0.1) is 0 Å². The summed E-state index contributed by atoms with van der Waals surface area (Å²) < 4.78 is 0. The van der Waals surface area contributed by atoms with Gasteiger partial charge in [0, 0.05) is 6.42 Å². The Morgan fingerprint density at radius 2 is 1.43 bits per heavy atom. The molecule has 14 heavy (non-hydrogen) atoms. The molecule has 0 heterocycles. The minimum atomic E-state index is -0.661. The summed E-state index contributed by atoms with van der Waals surface area (Å²) in [6.07, 6.45) is 10.1. The average molecular weight is 326 g/mol. The molecular formula is C11H24BaO2. The first kappa shape index (κ1) is 17.4. The first-order valence-electron chi connectivity index (χ1n) is 5.49. The molecule has 0 aliphatic carbocycles. The number of hydrogen-bond donors (Lipinski definition) is 1. The van der Waals surface area contributed by atoms with Crippen LogP contribution in [0.3, 0.4) is 0 Å². The first-order valence-corrected chi connectivity index (χ1v) is 5.49. The summed E-state index contributed by atoms with van der Waals surface area (Å²) in [5.74, 6) is -0.661. The molecular weight excluding hydrogens is 301 g/mol. The van der Waals surface area contributed by atoms with Gasteiger partial charge in [0.1, 0.15) is 0 Å². The maximum Gasteiger partial charge on any atom is 2.00 e. The fourth-order valence-electron chi connectivity index (χ4n) is 1.41. The van der Waals surface area contributed by atoms with E-state index in [9.17, 15) is 4.79 Å². The number of aliphatic carboxylic acids is 1. The Kier molecular flexibility index (Phi) is 17.5. The number of carbonyl (C=O) groups is 1. The third kappa shape index (κ3) is 15.5. The minimum Gasteiger partial charge on any atom is -1.00 e. The monoisotopic (exact) mass is 326 g/mol. The van der Waals surface area contributed by atoms with Crippen molar-refractivity contribution in [3.05, 3.63) is 0 Å². The second kappa shape index (κ2) is 14.0. The Bertz CT molecular complexity index is 135. The van der Waals surface area contributed by atoms with Gasteiger partial charge >= 0.3 is 54.9 Å². The molecule has 82 valence electrons. The smallest absolute Gasteiger partial charge is 1.00 e. The SMILES string of the molecule is CCCCCCCCCCC(=O)O.[Ba+2].[H-].[H-]. The number of carboxylic acids is 1. The van der Waals surface area contributed by atoms with Crippen LogP contribution in [0.4, 0.5) is 0 Å². The zero-order chi connectivity index (χ0) is 9.94. The van der Waals surface area contributed by atoms with Crippen LogP contribution in [0.2, 0.25) is 0 Å². The second-order valence-corrected chi connectivity index (χ2v) is 3.62. The van der Waals surface area contributed by atoms with Gasteiger partial charge in [-0.2, -0.15) is 0 Å². The molecule has 0 fully saturated rings. The third-order valence-corrected chi connectivity index (χ3v) is 2.24. The quantitative estimate of drug-likeness (QED) is 0.521. The van der Waals surface area contributed by atoms with E-state index in [1.165, 1.54) is 38.5 Å². The van der Waals surface area contributed by atoms with E-state index in [1.807, 2.05) is 0 Å². The summed E-state index contributed by atoms with van der Waals surface area (Å²) in [7, 11) is 0. The van der Waals surface area contributed by atoms with E-state index in [1.54, 1.807) is 0 Å². The summed E-state index contributed by atoms with van der Waals surface area (Å²) in [5, 5.41) is 8.39. The summed E-state index contributed by atoms with van der Waals surface area (Å²) in [5.41, 5.74) is 0. The van der Waals surface area contributed by atoms with Gasteiger partial charge in [0.25, 0.3) is 0 Å². The molecule has 0 radical (unpaired) electrons. The first-order chi connectivity index (χ1) is 6.27. The fraction of sp³-hybridized carbons (Fsp3) is 0.909. The Morgan fingerprint density at radius 1 is 1.00 bits per heavy atom. The van der Waals surface area contributed by atoms with Crippen LogP contribution in [0.1, 0.15) is 67.6 Å². The van der Waals surface area contributed by atoms with Gasteiger partial charge in [-0.1, -0.05) is 51.9 Å². The Morgan fingerprint density at radius 3 is 1.86 bits per heavy atom. The van der Waals surface area contributed by atoms with Crippen LogP contribution in [0.15, 0.2) is 0 Å². The summed E-state index contributed by atoms with van der Waals surface area (Å²) in [6, 6.07) is 0. The van der Waals surface area contributed by atoms with Crippen molar-refractivity contribution < 1.29 is 12.8 Å². The molecule has 0 spiro atoms. The molecule has 0 aliphatic rings. The molecule has 3 heteroatoms. The van der Waals surface area contributed by atoms with Crippen molar-refractivity contribution >= 4 is 54.9 Å². The van der Waals surface area contributed by atoms with Crippen molar-refractivity contribution in [2.24, 2.45) is 0 Å². The van der Waals surface area contributed by atoms with Gasteiger partial charge in [-0.3, -0.25) is 4.79 Å². The molecule has 1 N–H and O–H groups in total. The second-order valence-electron chi connectivity index (χ2n) is 3.62. The summed E-state index contributed by atoms with van der Waals surface area (Å²) >= 11 is 0. The van der Waals surface area contributed by atoms with Crippen molar-refractivity contribution in [1.29, 1.82) is 0 Å². The predicted octanol–water partition coefficient (Wildman–Crippen LogP) is 3.45. The zero-order valence-corrected chi connectivity index (χ0v) is 13.9. The van der Waals surface area contributed by atoms with Crippen molar-refractivity contribution in [3.8, 4) is 0 Å². The van der Waals surface area contributed by atoms with Crippen LogP contribution < -0.4 is 0 Å². The minimum absolute atomic E-state index is 0. The standard InChI is InChI=1S/C11H22O2.Ba.2H/c1-2-3-4-5-6-7-8-9-10-11(12)13;;;/h2-10H2,1H3,(H,12,13);;;/q;+2;2*-1. The molecule has 0 rings (SSSR count). The van der Waals surface area contributed by atoms with E-state index in [2.05, 4.69) is 6.92 Å². The number of carboxylic acid groups (broad SMARTS) is 1. The van der Waals surface area contributed by atoms with Crippen LogP contribution in [0, 0.1) is 0 Å². The van der Waals surface area contributed by atoms with Gasteiger partial charge in [0.2, 0.25) is 0 Å². The van der Waals surface area contributed by atoms with Crippen LogP contribution in [-0.4, -0.2) is 60.0 Å². The molecule has 0 aromatic heterocycles. The molecule has 0 amide bonds. The molecule has 0 unspecified atom stereocenters. The molecule has 0 atom stereocenters. The normalized spacial score (nSPS) is 9.50. The fourth-order valence-corrected chi connectivity index (χ4v) is 1.41. The van der Waals surface area contributed by atoms with Crippen molar-refractivity contribution in [3.63, 3.8) is 0 Å². The molecule has 0 aromatic rings. The van der Waals surface area contributed by atoms with Gasteiger partial charge in [-0.25, -0.2) is 0 Å². The maximum atomic E-state index is 10.2. The van der Waals surface area contributed by atoms with Gasteiger partial charge in [-0.05, 0) is 6.42 Å². The average Bonchev–Trinajstić information content (AvgIpc) is 2.09. The topological polar surface area (TPSA) is 37.3 Å². The number of hydrogen-bond acceptors (Lipinski definition) is 1. The van der Waals surface area contributed by atoms with E-state index >= 15 is 0 Å². The van der Waals surface area contributed by atoms with Crippen molar-refractivity contribution in [1.82, 2.24) is 0 Å². The summed E-state index contributed by atoms with van der Waals surface area (Å²) in [6.45, 7) is 2.22. The number of rotatable bonds is 9. The van der Waals surface area contributed by atoms with E-state index in [0.717, 1.165) is 12.8 Å².